The molecule has 1 aromatic carbocycles. The first-order chi connectivity index (χ1) is 9.70. The molecule has 0 aliphatic rings. The van der Waals surface area contributed by atoms with Crippen molar-refractivity contribution in [3.8, 4) is 5.75 Å². The van der Waals surface area contributed by atoms with Crippen molar-refractivity contribution in [2.45, 2.75) is 4.90 Å². The number of aromatic hydroxyl groups is 1. The van der Waals surface area contributed by atoms with E-state index in [4.69, 9.17) is 5.14 Å². The summed E-state index contributed by atoms with van der Waals surface area (Å²) in [4.78, 5) is 11.5. The van der Waals surface area contributed by atoms with Gasteiger partial charge in [0.25, 0.3) is 5.91 Å². The Balaban J connectivity index is 2.42. The van der Waals surface area contributed by atoms with Gasteiger partial charge >= 0.3 is 0 Å². The van der Waals surface area contributed by atoms with Crippen molar-refractivity contribution >= 4 is 21.7 Å². The van der Waals surface area contributed by atoms with Crippen molar-refractivity contribution in [1.29, 1.82) is 0 Å². The van der Waals surface area contributed by atoms with Gasteiger partial charge in [-0.2, -0.15) is 5.10 Å². The maximum atomic E-state index is 13.6. The predicted molar refractivity (Wildman–Crippen MR) is 70.6 cm³/mol. The summed E-state index contributed by atoms with van der Waals surface area (Å²) >= 11 is 0. The number of carbonyl (C=O) groups excluding carboxylic acids is 1. The van der Waals surface area contributed by atoms with Gasteiger partial charge in [-0.3, -0.25) is 9.48 Å². The van der Waals surface area contributed by atoms with E-state index in [-0.39, 0.29) is 5.82 Å². The van der Waals surface area contributed by atoms with Crippen LogP contribution in [0.1, 0.15) is 10.4 Å². The third-order valence-electron chi connectivity index (χ3n) is 2.55. The maximum Gasteiger partial charge on any atom is 0.263 e. The molecule has 8 nitrogen and oxygen atoms in total. The standard InChI is InChI=1S/C11H11FN4O4S/c1-16-5-8(21(13,19)20)10(15-16)14-11(18)9-6(12)3-2-4-7(9)17/h2-5,17H,1H3,(H2,13,19,20)(H,14,15,18). The van der Waals surface area contributed by atoms with E-state index < -0.39 is 38.0 Å². The highest BCUT2D eigenvalue weighted by atomic mass is 32.2. The summed E-state index contributed by atoms with van der Waals surface area (Å²) in [6.07, 6.45) is 1.09. The van der Waals surface area contributed by atoms with E-state index in [2.05, 4.69) is 10.4 Å². The third-order valence-corrected chi connectivity index (χ3v) is 3.46. The average molecular weight is 314 g/mol. The first kappa shape index (κ1) is 14.9. The minimum absolute atomic E-state index is 0.354. The summed E-state index contributed by atoms with van der Waals surface area (Å²) in [6.45, 7) is 0. The Morgan fingerprint density at radius 1 is 1.48 bits per heavy atom. The quantitative estimate of drug-likeness (QED) is 0.744. The molecule has 1 amide bonds. The van der Waals surface area contributed by atoms with Crippen molar-refractivity contribution in [2.24, 2.45) is 12.2 Å². The molecule has 10 heteroatoms. The highest BCUT2D eigenvalue weighted by Crippen LogP contribution is 2.23. The molecule has 1 aromatic heterocycles. The van der Waals surface area contributed by atoms with Crippen LogP contribution in [0.4, 0.5) is 10.2 Å². The molecule has 2 rings (SSSR count). The van der Waals surface area contributed by atoms with Crippen LogP contribution in [-0.2, 0) is 17.1 Å². The van der Waals surface area contributed by atoms with E-state index in [1.165, 1.54) is 13.1 Å². The minimum atomic E-state index is -4.12. The molecule has 0 spiro atoms. The van der Waals surface area contributed by atoms with Crippen LogP contribution in [0.5, 0.6) is 5.75 Å². The van der Waals surface area contributed by atoms with Gasteiger partial charge in [0.1, 0.15) is 22.0 Å². The fourth-order valence-electron chi connectivity index (χ4n) is 1.67. The first-order valence-electron chi connectivity index (χ1n) is 5.55. The smallest absolute Gasteiger partial charge is 0.263 e. The minimum Gasteiger partial charge on any atom is -0.507 e. The lowest BCUT2D eigenvalue weighted by Crippen LogP contribution is -2.18. The highest BCUT2D eigenvalue weighted by Gasteiger charge is 2.23. The lowest BCUT2D eigenvalue weighted by molar-refractivity contribution is 0.101. The predicted octanol–water partition coefficient (Wildman–Crippen LogP) is 0.164. The Morgan fingerprint density at radius 3 is 2.71 bits per heavy atom. The van der Waals surface area contributed by atoms with E-state index >= 15 is 0 Å². The summed E-state index contributed by atoms with van der Waals surface area (Å²) in [6, 6.07) is 3.32. The number of carbonyl (C=O) groups is 1. The maximum absolute atomic E-state index is 13.6. The Labute approximate surface area is 119 Å². The molecule has 0 bridgehead atoms. The van der Waals surface area contributed by atoms with Gasteiger partial charge in [0, 0.05) is 13.2 Å². The van der Waals surface area contributed by atoms with Crippen molar-refractivity contribution in [1.82, 2.24) is 9.78 Å². The van der Waals surface area contributed by atoms with Crippen molar-refractivity contribution in [3.63, 3.8) is 0 Å². The fraction of sp³-hybridized carbons (Fsp3) is 0.0909. The Kier molecular flexibility index (Phi) is 3.66. The molecule has 0 saturated carbocycles. The Bertz CT molecular complexity index is 795. The van der Waals surface area contributed by atoms with E-state index in [0.29, 0.717) is 0 Å². The molecular weight excluding hydrogens is 303 g/mol. The molecule has 0 atom stereocenters. The molecular formula is C11H11FN4O4S. The second kappa shape index (κ2) is 5.14. The van der Waals surface area contributed by atoms with Gasteiger partial charge in [0.15, 0.2) is 5.82 Å². The number of aryl methyl sites for hydroxylation is 1. The number of sulfonamides is 1. The van der Waals surface area contributed by atoms with Gasteiger partial charge in [0.2, 0.25) is 10.0 Å². The summed E-state index contributed by atoms with van der Waals surface area (Å²) in [5.41, 5.74) is -0.622. The van der Waals surface area contributed by atoms with Crippen molar-refractivity contribution < 1.29 is 22.7 Å². The summed E-state index contributed by atoms with van der Waals surface area (Å²) in [5.74, 6) is -2.94. The van der Waals surface area contributed by atoms with Crippen molar-refractivity contribution in [3.05, 3.63) is 35.8 Å². The van der Waals surface area contributed by atoms with Crippen LogP contribution < -0.4 is 10.5 Å². The zero-order chi connectivity index (χ0) is 15.8. The van der Waals surface area contributed by atoms with Gasteiger partial charge in [-0.1, -0.05) is 6.07 Å². The second-order valence-electron chi connectivity index (χ2n) is 4.15. The molecule has 0 saturated heterocycles. The van der Waals surface area contributed by atoms with Gasteiger partial charge in [0.05, 0.1) is 0 Å². The number of primary sulfonamides is 1. The van der Waals surface area contributed by atoms with E-state index in [1.54, 1.807) is 0 Å². The van der Waals surface area contributed by atoms with E-state index in [9.17, 15) is 22.7 Å². The number of hydrogen-bond donors (Lipinski definition) is 3. The number of phenols is 1. The number of aromatic nitrogens is 2. The Hall–Kier alpha value is -2.46. The van der Waals surface area contributed by atoms with Crippen LogP contribution in [0.25, 0.3) is 0 Å². The Morgan fingerprint density at radius 2 is 2.14 bits per heavy atom. The van der Waals surface area contributed by atoms with Crippen LogP contribution >= 0.6 is 0 Å². The zero-order valence-electron chi connectivity index (χ0n) is 10.7. The molecule has 4 N–H and O–H groups in total. The van der Waals surface area contributed by atoms with Crippen LogP contribution in [-0.4, -0.2) is 29.2 Å². The van der Waals surface area contributed by atoms with Gasteiger partial charge < -0.3 is 10.4 Å². The number of anilines is 1. The summed E-state index contributed by atoms with van der Waals surface area (Å²) in [7, 11) is -2.69. The van der Waals surface area contributed by atoms with Crippen LogP contribution in [0, 0.1) is 5.82 Å². The second-order valence-corrected chi connectivity index (χ2v) is 5.68. The van der Waals surface area contributed by atoms with E-state index in [1.807, 2.05) is 0 Å². The van der Waals surface area contributed by atoms with E-state index in [0.717, 1.165) is 23.0 Å². The lowest BCUT2D eigenvalue weighted by Gasteiger charge is -2.06. The number of phenolic OH excluding ortho intramolecular Hbond substituents is 1. The molecule has 112 valence electrons. The molecule has 0 unspecified atom stereocenters. The highest BCUT2D eigenvalue weighted by molar-refractivity contribution is 7.89. The number of nitrogens with two attached hydrogens (primary N) is 1. The monoisotopic (exact) mass is 314 g/mol. The number of nitrogens with zero attached hydrogens (tertiary/aromatic N) is 2. The topological polar surface area (TPSA) is 127 Å². The summed E-state index contributed by atoms with van der Waals surface area (Å²) < 4.78 is 37.4. The average Bonchev–Trinajstić information content (AvgIpc) is 2.69. The first-order valence-corrected chi connectivity index (χ1v) is 7.10. The van der Waals surface area contributed by atoms with Crippen molar-refractivity contribution in [2.75, 3.05) is 5.32 Å². The van der Waals surface area contributed by atoms with Crippen LogP contribution in [0.3, 0.4) is 0 Å². The SMILES string of the molecule is Cn1cc(S(N)(=O)=O)c(NC(=O)c2c(O)cccc2F)n1. The van der Waals surface area contributed by atoms with Gasteiger partial charge in [-0.25, -0.2) is 17.9 Å². The molecule has 0 aliphatic carbocycles. The van der Waals surface area contributed by atoms with Gasteiger partial charge in [-0.05, 0) is 12.1 Å². The largest absolute Gasteiger partial charge is 0.507 e. The molecule has 21 heavy (non-hydrogen) atoms. The number of halogens is 1. The zero-order valence-corrected chi connectivity index (χ0v) is 11.6. The van der Waals surface area contributed by atoms with Crippen LogP contribution in [0.2, 0.25) is 0 Å². The third kappa shape index (κ3) is 3.01. The normalized spacial score (nSPS) is 11.4. The number of hydrogen-bond acceptors (Lipinski definition) is 5. The molecule has 0 radical (unpaired) electrons. The number of amides is 1. The number of nitrogens with one attached hydrogen (secondary N) is 1. The fourth-order valence-corrected chi connectivity index (χ4v) is 2.33. The lowest BCUT2D eigenvalue weighted by atomic mass is 10.2. The van der Waals surface area contributed by atoms with Gasteiger partial charge in [-0.15, -0.1) is 0 Å². The van der Waals surface area contributed by atoms with Crippen LogP contribution in [0.15, 0.2) is 29.3 Å². The molecule has 1 heterocycles. The molecule has 0 aliphatic heterocycles. The number of rotatable bonds is 3. The molecule has 0 fully saturated rings. The molecule has 2 aromatic rings. The number of benzene rings is 1. The summed E-state index contributed by atoms with van der Waals surface area (Å²) in [5, 5.41) is 20.3.